The lowest BCUT2D eigenvalue weighted by Crippen LogP contribution is -2.31. The number of nitrogens with zero attached hydrogens (tertiary/aromatic N) is 1. The molecule has 1 N–H and O–H groups in total. The van der Waals surface area contributed by atoms with E-state index >= 15 is 0 Å². The van der Waals surface area contributed by atoms with Crippen LogP contribution in [-0.2, 0) is 0 Å². The van der Waals surface area contributed by atoms with Crippen molar-refractivity contribution in [2.75, 3.05) is 0 Å². The molecule has 1 aromatic carbocycles. The van der Waals surface area contributed by atoms with Crippen LogP contribution in [0.25, 0.3) is 0 Å². The molecule has 78 valence electrons. The molecule has 1 aromatic rings. The second kappa shape index (κ2) is 4.51. The van der Waals surface area contributed by atoms with Gasteiger partial charge < -0.3 is 5.32 Å². The van der Waals surface area contributed by atoms with Crippen LogP contribution < -0.4 is 5.32 Å². The highest BCUT2D eigenvalue weighted by Gasteiger charge is 2.11. The molecule has 0 aliphatic rings. The molecule has 0 heterocycles. The first-order valence-corrected chi connectivity index (χ1v) is 4.20. The van der Waals surface area contributed by atoms with Crippen molar-refractivity contribution in [2.45, 2.75) is 13.0 Å². The van der Waals surface area contributed by atoms with E-state index in [2.05, 4.69) is 5.32 Å². The zero-order chi connectivity index (χ0) is 11.4. The second-order valence-electron chi connectivity index (χ2n) is 2.95. The predicted octanol–water partition coefficient (Wildman–Crippen LogP) is 1.61. The Morgan fingerprint density at radius 3 is 2.67 bits per heavy atom. The van der Waals surface area contributed by atoms with Crippen molar-refractivity contribution < 1.29 is 13.6 Å². The summed E-state index contributed by atoms with van der Waals surface area (Å²) in [6, 6.07) is 3.92. The van der Waals surface area contributed by atoms with Crippen molar-refractivity contribution in [3.05, 3.63) is 35.4 Å². The van der Waals surface area contributed by atoms with Crippen LogP contribution in [0.15, 0.2) is 18.2 Å². The van der Waals surface area contributed by atoms with E-state index in [0.717, 1.165) is 18.2 Å². The van der Waals surface area contributed by atoms with Gasteiger partial charge in [-0.15, -0.1) is 0 Å². The Balaban J connectivity index is 2.84. The summed E-state index contributed by atoms with van der Waals surface area (Å²) >= 11 is 0. The van der Waals surface area contributed by atoms with Crippen LogP contribution in [0.1, 0.15) is 17.3 Å². The molecule has 0 aliphatic heterocycles. The van der Waals surface area contributed by atoms with Gasteiger partial charge in [-0.25, -0.2) is 8.78 Å². The smallest absolute Gasteiger partial charge is 0.252 e. The van der Waals surface area contributed by atoms with Gasteiger partial charge in [-0.05, 0) is 25.1 Å². The number of nitrogens with one attached hydrogen (secondary N) is 1. The molecule has 0 radical (unpaired) electrons. The fourth-order valence-corrected chi connectivity index (χ4v) is 0.950. The lowest BCUT2D eigenvalue weighted by molar-refractivity contribution is 0.0947. The van der Waals surface area contributed by atoms with E-state index in [-0.39, 0.29) is 5.56 Å². The van der Waals surface area contributed by atoms with Crippen LogP contribution in [0.4, 0.5) is 8.78 Å². The highest BCUT2D eigenvalue weighted by molar-refractivity contribution is 5.94. The normalized spacial score (nSPS) is 11.6. The van der Waals surface area contributed by atoms with Gasteiger partial charge in [0.15, 0.2) is 11.6 Å². The molecule has 0 aliphatic carbocycles. The van der Waals surface area contributed by atoms with E-state index < -0.39 is 23.6 Å². The third-order valence-electron chi connectivity index (χ3n) is 1.72. The third-order valence-corrected chi connectivity index (χ3v) is 1.72. The fourth-order valence-electron chi connectivity index (χ4n) is 0.950. The summed E-state index contributed by atoms with van der Waals surface area (Å²) in [5.41, 5.74) is -0.0176. The van der Waals surface area contributed by atoms with E-state index in [1.807, 2.05) is 0 Å². The molecule has 1 amide bonds. The van der Waals surface area contributed by atoms with Gasteiger partial charge in [0.25, 0.3) is 5.91 Å². The maximum absolute atomic E-state index is 12.7. The van der Waals surface area contributed by atoms with E-state index in [4.69, 9.17) is 5.26 Å². The van der Waals surface area contributed by atoms with Gasteiger partial charge in [0, 0.05) is 5.56 Å². The molecule has 0 aromatic heterocycles. The number of amides is 1. The van der Waals surface area contributed by atoms with Gasteiger partial charge in [0.05, 0.1) is 6.07 Å². The second-order valence-corrected chi connectivity index (χ2v) is 2.95. The molecular formula is C10H8F2N2O. The lowest BCUT2D eigenvalue weighted by Gasteiger charge is -2.06. The molecule has 0 bridgehead atoms. The van der Waals surface area contributed by atoms with Gasteiger partial charge in [0.2, 0.25) is 0 Å². The quantitative estimate of drug-likeness (QED) is 0.806. The van der Waals surface area contributed by atoms with E-state index in [0.29, 0.717) is 0 Å². The average Bonchev–Trinajstić information content (AvgIpc) is 2.21. The Morgan fingerprint density at radius 2 is 2.13 bits per heavy atom. The Hall–Kier alpha value is -1.96. The summed E-state index contributed by atoms with van der Waals surface area (Å²) in [4.78, 5) is 11.3. The van der Waals surface area contributed by atoms with Crippen molar-refractivity contribution in [1.82, 2.24) is 5.32 Å². The van der Waals surface area contributed by atoms with Crippen molar-refractivity contribution >= 4 is 5.91 Å². The zero-order valence-corrected chi connectivity index (χ0v) is 7.92. The molecule has 0 fully saturated rings. The van der Waals surface area contributed by atoms with Crippen molar-refractivity contribution in [3.8, 4) is 6.07 Å². The van der Waals surface area contributed by atoms with Crippen molar-refractivity contribution in [2.24, 2.45) is 0 Å². The summed E-state index contributed by atoms with van der Waals surface area (Å²) in [5, 5.41) is 10.7. The zero-order valence-electron chi connectivity index (χ0n) is 7.92. The third kappa shape index (κ3) is 2.74. The molecule has 1 rings (SSSR count). The molecule has 15 heavy (non-hydrogen) atoms. The molecule has 3 nitrogen and oxygen atoms in total. The van der Waals surface area contributed by atoms with Gasteiger partial charge in [-0.2, -0.15) is 5.26 Å². The minimum absolute atomic E-state index is 0.0176. The fraction of sp³-hybridized carbons (Fsp3) is 0.200. The van der Waals surface area contributed by atoms with Crippen LogP contribution >= 0.6 is 0 Å². The number of rotatable bonds is 2. The standard InChI is InChI=1S/C10H8F2N2O/c1-6(5-13)14-10(15)7-2-3-8(11)9(12)4-7/h2-4,6H,1H3,(H,14,15). The van der Waals surface area contributed by atoms with Gasteiger partial charge in [0.1, 0.15) is 6.04 Å². The topological polar surface area (TPSA) is 52.9 Å². The summed E-state index contributed by atoms with van der Waals surface area (Å²) in [7, 11) is 0. The van der Waals surface area contributed by atoms with Crippen LogP contribution in [0.5, 0.6) is 0 Å². The molecular weight excluding hydrogens is 202 g/mol. The maximum Gasteiger partial charge on any atom is 0.252 e. The lowest BCUT2D eigenvalue weighted by atomic mass is 10.2. The number of benzene rings is 1. The molecule has 1 atom stereocenters. The van der Waals surface area contributed by atoms with Gasteiger partial charge in [-0.3, -0.25) is 4.79 Å². The minimum Gasteiger partial charge on any atom is -0.337 e. The highest BCUT2D eigenvalue weighted by atomic mass is 19.2. The molecule has 1 unspecified atom stereocenters. The monoisotopic (exact) mass is 210 g/mol. The van der Waals surface area contributed by atoms with Gasteiger partial charge in [-0.1, -0.05) is 0 Å². The Kier molecular flexibility index (Phi) is 3.34. The predicted molar refractivity (Wildman–Crippen MR) is 48.9 cm³/mol. The average molecular weight is 210 g/mol. The summed E-state index contributed by atoms with van der Waals surface area (Å²) < 4.78 is 25.3. The molecule has 0 saturated heterocycles. The van der Waals surface area contributed by atoms with E-state index in [9.17, 15) is 13.6 Å². The number of carbonyl (C=O) groups is 1. The molecule has 5 heteroatoms. The first-order valence-electron chi connectivity index (χ1n) is 4.20. The van der Waals surface area contributed by atoms with Crippen LogP contribution in [0.3, 0.4) is 0 Å². The Labute approximate surface area is 85.3 Å². The number of nitriles is 1. The number of carbonyl (C=O) groups excluding carboxylic acids is 1. The van der Waals surface area contributed by atoms with Crippen molar-refractivity contribution in [1.29, 1.82) is 5.26 Å². The van der Waals surface area contributed by atoms with Gasteiger partial charge >= 0.3 is 0 Å². The van der Waals surface area contributed by atoms with Crippen molar-refractivity contribution in [3.63, 3.8) is 0 Å². The number of halogens is 2. The minimum atomic E-state index is -1.09. The van der Waals surface area contributed by atoms with Crippen LogP contribution in [0, 0.1) is 23.0 Å². The summed E-state index contributed by atoms with van der Waals surface area (Å²) in [6.45, 7) is 1.48. The first-order chi connectivity index (χ1) is 7.04. The molecule has 0 saturated carbocycles. The van der Waals surface area contributed by atoms with Crippen LogP contribution in [-0.4, -0.2) is 11.9 Å². The SMILES string of the molecule is CC(C#N)NC(=O)c1ccc(F)c(F)c1. The highest BCUT2D eigenvalue weighted by Crippen LogP contribution is 2.08. The summed E-state index contributed by atoms with van der Waals surface area (Å²) in [5.74, 6) is -2.71. The molecule has 0 spiro atoms. The first kappa shape index (κ1) is 11.1. The summed E-state index contributed by atoms with van der Waals surface area (Å²) in [6.07, 6.45) is 0. The van der Waals surface area contributed by atoms with E-state index in [1.54, 1.807) is 6.07 Å². The van der Waals surface area contributed by atoms with Crippen LogP contribution in [0.2, 0.25) is 0 Å². The number of hydrogen-bond acceptors (Lipinski definition) is 2. The Morgan fingerprint density at radius 1 is 1.47 bits per heavy atom. The number of hydrogen-bond donors (Lipinski definition) is 1. The Bertz CT molecular complexity index is 426. The maximum atomic E-state index is 12.7. The largest absolute Gasteiger partial charge is 0.337 e. The van der Waals surface area contributed by atoms with E-state index in [1.165, 1.54) is 6.92 Å².